The number of rotatable bonds is 4. The van der Waals surface area contributed by atoms with Crippen LogP contribution in [0.25, 0.3) is 0 Å². The molecule has 2 aromatic heterocycles. The lowest BCUT2D eigenvalue weighted by atomic mass is 10.4. The molecule has 0 radical (unpaired) electrons. The van der Waals surface area contributed by atoms with E-state index in [1.165, 1.54) is 12.3 Å². The van der Waals surface area contributed by atoms with Gasteiger partial charge in [0.15, 0.2) is 0 Å². The van der Waals surface area contributed by atoms with Crippen LogP contribution in [0.2, 0.25) is 0 Å². The Morgan fingerprint density at radius 3 is 2.74 bits per heavy atom. The first-order chi connectivity index (χ1) is 8.92. The van der Waals surface area contributed by atoms with Gasteiger partial charge in [-0.05, 0) is 28.9 Å². The third-order valence-corrected chi connectivity index (χ3v) is 4.73. The Labute approximate surface area is 122 Å². The summed E-state index contributed by atoms with van der Waals surface area (Å²) in [7, 11) is -2.16. The first-order valence-electron chi connectivity index (χ1n) is 5.09. The number of hydrogen-bond donors (Lipinski definition) is 2. The molecule has 0 aliphatic rings. The fourth-order valence-electron chi connectivity index (χ4n) is 1.32. The van der Waals surface area contributed by atoms with Crippen LogP contribution in [0, 0.1) is 6.92 Å². The van der Waals surface area contributed by atoms with Crippen molar-refractivity contribution >= 4 is 48.4 Å². The number of aromatic nitrogens is 3. The normalized spacial score (nSPS) is 11.3. The minimum Gasteiger partial charge on any atom is -0.372 e. The van der Waals surface area contributed by atoms with Gasteiger partial charge in [0.25, 0.3) is 10.0 Å². The van der Waals surface area contributed by atoms with Gasteiger partial charge in [-0.2, -0.15) is 4.37 Å². The van der Waals surface area contributed by atoms with Crippen molar-refractivity contribution in [2.75, 3.05) is 17.1 Å². The van der Waals surface area contributed by atoms with Crippen molar-refractivity contribution in [3.05, 3.63) is 22.6 Å². The molecule has 0 fully saturated rings. The number of pyridine rings is 1. The van der Waals surface area contributed by atoms with Gasteiger partial charge < -0.3 is 5.32 Å². The van der Waals surface area contributed by atoms with E-state index in [0.29, 0.717) is 10.3 Å². The molecular weight excluding hydrogens is 354 g/mol. The van der Waals surface area contributed by atoms with Gasteiger partial charge >= 0.3 is 0 Å². The molecule has 2 rings (SSSR count). The summed E-state index contributed by atoms with van der Waals surface area (Å²) in [5.41, 5.74) is 0. The smallest absolute Gasteiger partial charge is 0.267 e. The van der Waals surface area contributed by atoms with Crippen molar-refractivity contribution in [3.8, 4) is 0 Å². The summed E-state index contributed by atoms with van der Waals surface area (Å²) in [5, 5.41) is 2.96. The third kappa shape index (κ3) is 3.19. The van der Waals surface area contributed by atoms with Crippen LogP contribution >= 0.6 is 27.5 Å². The number of nitrogens with one attached hydrogen (secondary N) is 2. The van der Waals surface area contributed by atoms with Gasteiger partial charge in [-0.1, -0.05) is 0 Å². The number of aryl methyl sites for hydroxylation is 1. The Bertz CT molecular complexity index is 700. The molecular formula is C9H10BrN5O2S2. The lowest BCUT2D eigenvalue weighted by Gasteiger charge is -2.09. The number of nitrogens with zero attached hydrogens (tertiary/aromatic N) is 3. The van der Waals surface area contributed by atoms with Crippen molar-refractivity contribution < 1.29 is 8.42 Å². The first kappa shape index (κ1) is 14.2. The van der Waals surface area contributed by atoms with Crippen molar-refractivity contribution in [2.45, 2.75) is 11.8 Å². The van der Waals surface area contributed by atoms with E-state index in [0.717, 1.165) is 11.5 Å². The third-order valence-electron chi connectivity index (χ3n) is 2.09. The molecule has 0 saturated heterocycles. The number of halogens is 1. The Hall–Kier alpha value is -1.26. The zero-order valence-corrected chi connectivity index (χ0v) is 13.2. The molecule has 0 bridgehead atoms. The Balaban J connectivity index is 2.41. The largest absolute Gasteiger partial charge is 0.372 e. The van der Waals surface area contributed by atoms with Gasteiger partial charge in [-0.3, -0.25) is 4.72 Å². The predicted molar refractivity (Wildman–Crippen MR) is 76.9 cm³/mol. The van der Waals surface area contributed by atoms with Gasteiger partial charge in [-0.15, -0.1) is 0 Å². The topological polar surface area (TPSA) is 96.9 Å². The zero-order valence-electron chi connectivity index (χ0n) is 10.0. The van der Waals surface area contributed by atoms with Gasteiger partial charge in [0.05, 0.1) is 0 Å². The molecule has 0 spiro atoms. The van der Waals surface area contributed by atoms with E-state index in [9.17, 15) is 8.42 Å². The highest BCUT2D eigenvalue weighted by molar-refractivity contribution is 9.10. The number of hydrogen-bond acceptors (Lipinski definition) is 7. The van der Waals surface area contributed by atoms with E-state index in [1.54, 1.807) is 14.0 Å². The second-order valence-corrected chi connectivity index (χ2v) is 6.82. The molecule has 0 aliphatic heterocycles. The van der Waals surface area contributed by atoms with Crippen LogP contribution in [0.1, 0.15) is 5.82 Å². The van der Waals surface area contributed by atoms with Crippen molar-refractivity contribution in [1.29, 1.82) is 0 Å². The molecule has 0 aromatic carbocycles. The van der Waals surface area contributed by atoms with Crippen LogP contribution in [-0.4, -0.2) is 29.8 Å². The van der Waals surface area contributed by atoms with E-state index >= 15 is 0 Å². The maximum Gasteiger partial charge on any atom is 0.267 e. The molecule has 0 atom stereocenters. The average molecular weight is 364 g/mol. The number of sulfonamides is 1. The summed E-state index contributed by atoms with van der Waals surface area (Å²) in [4.78, 5) is 8.00. The van der Waals surface area contributed by atoms with Crippen LogP contribution in [-0.2, 0) is 10.0 Å². The van der Waals surface area contributed by atoms with E-state index in [-0.39, 0.29) is 15.8 Å². The van der Waals surface area contributed by atoms with Crippen molar-refractivity contribution in [1.82, 2.24) is 14.3 Å². The SMILES string of the molecule is CNc1ncc(Br)cc1S(=O)(=O)Nc1nc(C)ns1. The quantitative estimate of drug-likeness (QED) is 0.860. The van der Waals surface area contributed by atoms with E-state index in [1.807, 2.05) is 0 Å². The fourth-order valence-corrected chi connectivity index (χ4v) is 3.79. The minimum atomic E-state index is -3.76. The Kier molecular flexibility index (Phi) is 4.02. The van der Waals surface area contributed by atoms with E-state index in [4.69, 9.17) is 0 Å². The van der Waals surface area contributed by atoms with Crippen LogP contribution in [0.15, 0.2) is 21.6 Å². The van der Waals surface area contributed by atoms with Gasteiger partial charge in [-0.25, -0.2) is 18.4 Å². The summed E-state index contributed by atoms with van der Waals surface area (Å²) in [6.07, 6.45) is 1.51. The lowest BCUT2D eigenvalue weighted by molar-refractivity contribution is 0.601. The summed E-state index contributed by atoms with van der Waals surface area (Å²) in [6, 6.07) is 1.47. The standard InChI is InChI=1S/C9H10BrN5O2S2/c1-5-13-9(18-14-5)15-19(16,17)7-3-6(10)4-12-8(7)11-2/h3-4H,1-2H3,(H,11,12)(H,13,14,15). The number of anilines is 2. The molecule has 0 saturated carbocycles. The molecule has 0 amide bonds. The van der Waals surface area contributed by atoms with Crippen LogP contribution in [0.5, 0.6) is 0 Å². The summed E-state index contributed by atoms with van der Waals surface area (Å²) in [6.45, 7) is 1.69. The van der Waals surface area contributed by atoms with Gasteiger partial charge in [0.1, 0.15) is 16.5 Å². The van der Waals surface area contributed by atoms with Gasteiger partial charge in [0.2, 0.25) is 5.13 Å². The molecule has 10 heteroatoms. The molecule has 102 valence electrons. The molecule has 2 N–H and O–H groups in total. The van der Waals surface area contributed by atoms with Crippen molar-refractivity contribution in [2.24, 2.45) is 0 Å². The second kappa shape index (κ2) is 5.39. The fraction of sp³-hybridized carbons (Fsp3) is 0.222. The second-order valence-electron chi connectivity index (χ2n) is 3.50. The predicted octanol–water partition coefficient (Wildman–Crippen LogP) is 1.85. The summed E-state index contributed by atoms with van der Waals surface area (Å²) >= 11 is 4.18. The monoisotopic (exact) mass is 363 g/mol. The highest BCUT2D eigenvalue weighted by Gasteiger charge is 2.21. The Morgan fingerprint density at radius 1 is 1.42 bits per heavy atom. The summed E-state index contributed by atoms with van der Waals surface area (Å²) < 4.78 is 31.4. The maximum atomic E-state index is 12.3. The molecule has 19 heavy (non-hydrogen) atoms. The van der Waals surface area contributed by atoms with E-state index in [2.05, 4.69) is 40.3 Å². The first-order valence-corrected chi connectivity index (χ1v) is 8.14. The minimum absolute atomic E-state index is 0.0391. The van der Waals surface area contributed by atoms with Crippen LogP contribution < -0.4 is 10.0 Å². The maximum absolute atomic E-state index is 12.3. The molecule has 2 heterocycles. The molecule has 2 aromatic rings. The highest BCUT2D eigenvalue weighted by atomic mass is 79.9. The average Bonchev–Trinajstić information content (AvgIpc) is 2.74. The highest BCUT2D eigenvalue weighted by Crippen LogP contribution is 2.25. The molecule has 7 nitrogen and oxygen atoms in total. The Morgan fingerprint density at radius 2 is 2.16 bits per heavy atom. The lowest BCUT2D eigenvalue weighted by Crippen LogP contribution is -2.15. The molecule has 0 aliphatic carbocycles. The van der Waals surface area contributed by atoms with Crippen molar-refractivity contribution in [3.63, 3.8) is 0 Å². The van der Waals surface area contributed by atoms with Crippen LogP contribution in [0.3, 0.4) is 0 Å². The van der Waals surface area contributed by atoms with Gasteiger partial charge in [0, 0.05) is 29.2 Å². The van der Waals surface area contributed by atoms with Crippen LogP contribution in [0.4, 0.5) is 10.9 Å². The summed E-state index contributed by atoms with van der Waals surface area (Å²) in [5.74, 6) is 0.779. The molecule has 0 unspecified atom stereocenters. The van der Waals surface area contributed by atoms with E-state index < -0.39 is 10.0 Å². The zero-order chi connectivity index (χ0) is 14.0.